The number of rotatable bonds is 7. The van der Waals surface area contributed by atoms with Crippen LogP contribution in [0.2, 0.25) is 10.0 Å². The molecule has 9 heteroatoms. The lowest BCUT2D eigenvalue weighted by atomic mass is 9.95. The van der Waals surface area contributed by atoms with Gasteiger partial charge in [-0.2, -0.15) is 4.98 Å². The molecule has 30 heavy (non-hydrogen) atoms. The molecule has 0 saturated carbocycles. The molecule has 0 radical (unpaired) electrons. The van der Waals surface area contributed by atoms with E-state index in [1.807, 2.05) is 19.9 Å². The molecule has 2 aromatic rings. The van der Waals surface area contributed by atoms with Crippen molar-refractivity contribution in [2.24, 2.45) is 5.92 Å². The Morgan fingerprint density at radius 2 is 2.03 bits per heavy atom. The minimum Gasteiger partial charge on any atom is -0.394 e. The second kappa shape index (κ2) is 10.3. The number of hydrogen-bond donors (Lipinski definition) is 3. The number of piperidine rings is 1. The lowest BCUT2D eigenvalue weighted by Gasteiger charge is -2.33. The minimum atomic E-state index is -0.477. The largest absolute Gasteiger partial charge is 0.394 e. The molecule has 1 fully saturated rings. The van der Waals surface area contributed by atoms with Gasteiger partial charge in [-0.05, 0) is 44.4 Å². The summed E-state index contributed by atoms with van der Waals surface area (Å²) in [4.78, 5) is 23.6. The Balaban J connectivity index is 1.60. The van der Waals surface area contributed by atoms with E-state index in [9.17, 15) is 9.90 Å². The highest BCUT2D eigenvalue weighted by Gasteiger charge is 2.28. The third kappa shape index (κ3) is 5.74. The first-order valence-electron chi connectivity index (χ1n) is 10.1. The molecular weight excluding hydrogens is 425 g/mol. The van der Waals surface area contributed by atoms with Crippen LogP contribution in [0.3, 0.4) is 0 Å². The molecule has 1 aliphatic rings. The first-order chi connectivity index (χ1) is 14.4. The van der Waals surface area contributed by atoms with E-state index in [0.717, 1.165) is 5.56 Å². The molecule has 1 aromatic heterocycles. The van der Waals surface area contributed by atoms with Gasteiger partial charge in [-0.3, -0.25) is 4.79 Å². The van der Waals surface area contributed by atoms with Gasteiger partial charge in [-0.25, -0.2) is 4.98 Å². The summed E-state index contributed by atoms with van der Waals surface area (Å²) in [5.41, 5.74) is 0.786. The lowest BCUT2D eigenvalue weighted by Crippen LogP contribution is -2.42. The molecule has 0 spiro atoms. The van der Waals surface area contributed by atoms with Crippen molar-refractivity contribution in [1.82, 2.24) is 15.3 Å². The van der Waals surface area contributed by atoms with Crippen molar-refractivity contribution in [2.75, 3.05) is 29.9 Å². The third-order valence-corrected chi connectivity index (χ3v) is 5.56. The first kappa shape index (κ1) is 22.6. The topological polar surface area (TPSA) is 90.4 Å². The van der Waals surface area contributed by atoms with Crippen LogP contribution < -0.4 is 15.5 Å². The maximum Gasteiger partial charge on any atom is 0.224 e. The number of amides is 1. The standard InChI is InChI=1S/C21H27Cl2N5O2/c1-13(2)25-21-24-11-17(23)19(27-21)28-8-6-14(7-9-28)20(30)26-18(12-29)15-4-3-5-16(22)10-15/h3-5,10-11,13-14,18,29H,6-9,12H2,1-2H3,(H,26,30)(H,24,25,27). The summed E-state index contributed by atoms with van der Waals surface area (Å²) in [6, 6.07) is 6.90. The van der Waals surface area contributed by atoms with Gasteiger partial charge in [0.2, 0.25) is 11.9 Å². The van der Waals surface area contributed by atoms with Crippen molar-refractivity contribution < 1.29 is 9.90 Å². The molecule has 1 atom stereocenters. The van der Waals surface area contributed by atoms with Crippen molar-refractivity contribution in [1.29, 1.82) is 0 Å². The number of nitrogens with zero attached hydrogens (tertiary/aromatic N) is 3. The monoisotopic (exact) mass is 451 g/mol. The fourth-order valence-corrected chi connectivity index (χ4v) is 3.92. The fraction of sp³-hybridized carbons (Fsp3) is 0.476. The highest BCUT2D eigenvalue weighted by Crippen LogP contribution is 2.29. The molecule has 0 bridgehead atoms. The zero-order valence-electron chi connectivity index (χ0n) is 17.1. The van der Waals surface area contributed by atoms with Crippen molar-refractivity contribution in [3.63, 3.8) is 0 Å². The van der Waals surface area contributed by atoms with Gasteiger partial charge in [0.25, 0.3) is 0 Å². The summed E-state index contributed by atoms with van der Waals surface area (Å²) in [7, 11) is 0. The van der Waals surface area contributed by atoms with E-state index in [1.54, 1.807) is 24.4 Å². The molecule has 0 aliphatic carbocycles. The van der Waals surface area contributed by atoms with Crippen LogP contribution >= 0.6 is 23.2 Å². The molecule has 162 valence electrons. The molecular formula is C21H27Cl2N5O2. The zero-order chi connectivity index (χ0) is 21.7. The third-order valence-electron chi connectivity index (χ3n) is 5.06. The van der Waals surface area contributed by atoms with Gasteiger partial charge in [0.15, 0.2) is 5.82 Å². The summed E-state index contributed by atoms with van der Waals surface area (Å²) < 4.78 is 0. The van der Waals surface area contributed by atoms with E-state index < -0.39 is 6.04 Å². The Morgan fingerprint density at radius 1 is 1.30 bits per heavy atom. The maximum atomic E-state index is 12.8. The number of anilines is 2. The van der Waals surface area contributed by atoms with Crippen LogP contribution in [-0.2, 0) is 4.79 Å². The molecule has 1 aromatic carbocycles. The summed E-state index contributed by atoms with van der Waals surface area (Å²) in [5.74, 6) is 1.02. The normalized spacial score (nSPS) is 15.9. The molecule has 3 rings (SSSR count). The van der Waals surface area contributed by atoms with E-state index in [-0.39, 0.29) is 24.5 Å². The van der Waals surface area contributed by atoms with Crippen molar-refractivity contribution >= 4 is 40.9 Å². The van der Waals surface area contributed by atoms with E-state index >= 15 is 0 Å². The van der Waals surface area contributed by atoms with E-state index in [2.05, 4.69) is 25.5 Å². The van der Waals surface area contributed by atoms with Gasteiger partial charge in [-0.1, -0.05) is 35.3 Å². The minimum absolute atomic E-state index is 0.0652. The van der Waals surface area contributed by atoms with Gasteiger partial charge >= 0.3 is 0 Å². The first-order valence-corrected chi connectivity index (χ1v) is 10.8. The van der Waals surface area contributed by atoms with Gasteiger partial charge in [0.1, 0.15) is 5.02 Å². The predicted octanol–water partition coefficient (Wildman–Crippen LogP) is 3.67. The smallest absolute Gasteiger partial charge is 0.224 e. The van der Waals surface area contributed by atoms with E-state index in [0.29, 0.717) is 47.7 Å². The van der Waals surface area contributed by atoms with Crippen molar-refractivity contribution in [3.05, 3.63) is 46.1 Å². The van der Waals surface area contributed by atoms with Crippen LogP contribution in [0.25, 0.3) is 0 Å². The van der Waals surface area contributed by atoms with E-state index in [1.165, 1.54) is 0 Å². The van der Waals surface area contributed by atoms with Crippen LogP contribution in [0.4, 0.5) is 11.8 Å². The van der Waals surface area contributed by atoms with Gasteiger partial charge in [0, 0.05) is 30.1 Å². The number of hydrogen-bond acceptors (Lipinski definition) is 6. The van der Waals surface area contributed by atoms with Crippen molar-refractivity contribution in [3.8, 4) is 0 Å². The van der Waals surface area contributed by atoms with Crippen molar-refractivity contribution in [2.45, 2.75) is 38.8 Å². The Hall–Kier alpha value is -2.09. The summed E-state index contributed by atoms with van der Waals surface area (Å²) in [6.45, 7) is 5.18. The number of aliphatic hydroxyl groups is 1. The summed E-state index contributed by atoms with van der Waals surface area (Å²) in [6.07, 6.45) is 2.95. The summed E-state index contributed by atoms with van der Waals surface area (Å²) >= 11 is 12.4. The summed E-state index contributed by atoms with van der Waals surface area (Å²) in [5, 5.41) is 16.9. The quantitative estimate of drug-likeness (QED) is 0.594. The number of halogens is 2. The molecule has 2 heterocycles. The molecule has 7 nitrogen and oxygen atoms in total. The maximum absolute atomic E-state index is 12.8. The van der Waals surface area contributed by atoms with E-state index in [4.69, 9.17) is 23.2 Å². The van der Waals surface area contributed by atoms with Crippen LogP contribution in [0.5, 0.6) is 0 Å². The number of aromatic nitrogens is 2. The highest BCUT2D eigenvalue weighted by molar-refractivity contribution is 6.32. The average Bonchev–Trinajstić information content (AvgIpc) is 2.73. The fourth-order valence-electron chi connectivity index (χ4n) is 3.51. The van der Waals surface area contributed by atoms with Crippen LogP contribution in [0.15, 0.2) is 30.5 Å². The van der Waals surface area contributed by atoms with Gasteiger partial charge in [-0.15, -0.1) is 0 Å². The second-order valence-corrected chi connectivity index (χ2v) is 8.57. The lowest BCUT2D eigenvalue weighted by molar-refractivity contribution is -0.126. The average molecular weight is 452 g/mol. The zero-order valence-corrected chi connectivity index (χ0v) is 18.6. The van der Waals surface area contributed by atoms with Gasteiger partial charge in [0.05, 0.1) is 18.8 Å². The second-order valence-electron chi connectivity index (χ2n) is 7.72. The SMILES string of the molecule is CC(C)Nc1ncc(Cl)c(N2CCC(C(=O)NC(CO)c3cccc(Cl)c3)CC2)n1. The molecule has 1 amide bonds. The Bertz CT molecular complexity index is 872. The molecule has 1 unspecified atom stereocenters. The number of aliphatic hydroxyl groups excluding tert-OH is 1. The number of carbonyl (C=O) groups is 1. The highest BCUT2D eigenvalue weighted by atomic mass is 35.5. The Morgan fingerprint density at radius 3 is 2.67 bits per heavy atom. The number of nitrogens with one attached hydrogen (secondary N) is 2. The molecule has 3 N–H and O–H groups in total. The van der Waals surface area contributed by atoms with Crippen LogP contribution in [-0.4, -0.2) is 46.7 Å². The predicted molar refractivity (Wildman–Crippen MR) is 120 cm³/mol. The Labute approximate surface area is 186 Å². The Kier molecular flexibility index (Phi) is 7.75. The van der Waals surface area contributed by atoms with Crippen LogP contribution in [0, 0.1) is 5.92 Å². The number of carbonyl (C=O) groups excluding carboxylic acids is 1. The molecule has 1 saturated heterocycles. The van der Waals surface area contributed by atoms with Gasteiger partial charge < -0.3 is 20.6 Å². The van der Waals surface area contributed by atoms with Crippen LogP contribution in [0.1, 0.15) is 38.3 Å². The number of benzene rings is 1. The molecule has 1 aliphatic heterocycles.